The molecule has 2 amide bonds. The quantitative estimate of drug-likeness (QED) is 0.581. The molecular formula is C14H15F3N2O3. The lowest BCUT2D eigenvalue weighted by molar-refractivity contribution is -0.136. The molecule has 5 nitrogen and oxygen atoms in total. The molecule has 1 aromatic carbocycles. The Hall–Kier alpha value is -2.09. The molecule has 2 unspecified atom stereocenters. The van der Waals surface area contributed by atoms with Crippen LogP contribution in [-0.4, -0.2) is 29.6 Å². The molecule has 0 heterocycles. The fraction of sp³-hybridized carbons (Fsp3) is 0.429. The van der Waals surface area contributed by atoms with Crippen LogP contribution in [0, 0.1) is 23.4 Å². The van der Waals surface area contributed by atoms with Crippen LogP contribution in [0.4, 0.5) is 18.9 Å². The van der Waals surface area contributed by atoms with Gasteiger partial charge in [0.05, 0.1) is 6.10 Å². The van der Waals surface area contributed by atoms with Crippen molar-refractivity contribution < 1.29 is 27.9 Å². The number of amides is 2. The third-order valence-corrected chi connectivity index (χ3v) is 3.59. The maximum absolute atomic E-state index is 13.0. The molecule has 0 saturated heterocycles. The predicted octanol–water partition coefficient (Wildman–Crippen LogP) is 1.32. The van der Waals surface area contributed by atoms with E-state index in [1.54, 1.807) is 0 Å². The van der Waals surface area contributed by atoms with E-state index in [0.717, 1.165) is 12.8 Å². The maximum atomic E-state index is 13.0. The number of aliphatic hydroxyl groups excluding tert-OH is 1. The van der Waals surface area contributed by atoms with E-state index in [1.165, 1.54) is 0 Å². The zero-order chi connectivity index (χ0) is 16.3. The number of carbonyl (C=O) groups excluding carboxylic acids is 2. The summed E-state index contributed by atoms with van der Waals surface area (Å²) in [6.45, 7) is 0.138. The number of nitrogens with one attached hydrogen (secondary N) is 2. The van der Waals surface area contributed by atoms with Gasteiger partial charge in [0.1, 0.15) is 0 Å². The van der Waals surface area contributed by atoms with E-state index in [9.17, 15) is 27.9 Å². The highest BCUT2D eigenvalue weighted by Gasteiger charge is 2.26. The van der Waals surface area contributed by atoms with Gasteiger partial charge in [-0.3, -0.25) is 9.59 Å². The van der Waals surface area contributed by atoms with Crippen LogP contribution < -0.4 is 10.6 Å². The van der Waals surface area contributed by atoms with Crippen LogP contribution in [0.3, 0.4) is 0 Å². The molecule has 1 fully saturated rings. The third kappa shape index (κ3) is 3.76. The Labute approximate surface area is 124 Å². The fourth-order valence-corrected chi connectivity index (χ4v) is 2.37. The lowest BCUT2D eigenvalue weighted by Gasteiger charge is -2.14. The van der Waals surface area contributed by atoms with E-state index in [2.05, 4.69) is 5.32 Å². The standard InChI is InChI=1S/C14H15F3N2O3/c15-9-4-8(5-10(16)12(9)17)19-14(22)13(21)18-6-7-2-1-3-11(7)20/h4-5,7,11,20H,1-3,6H2,(H,18,21)(H,19,22). The second-order valence-corrected chi connectivity index (χ2v) is 5.18. The van der Waals surface area contributed by atoms with E-state index >= 15 is 0 Å². The summed E-state index contributed by atoms with van der Waals surface area (Å²) < 4.78 is 38.8. The number of hydrogen-bond donors (Lipinski definition) is 3. The highest BCUT2D eigenvalue weighted by Crippen LogP contribution is 2.24. The first kappa shape index (κ1) is 16.3. The Bertz CT molecular complexity index is 572. The summed E-state index contributed by atoms with van der Waals surface area (Å²) in [6, 6.07) is 1.15. The van der Waals surface area contributed by atoms with Gasteiger partial charge in [0, 0.05) is 30.3 Å². The third-order valence-electron chi connectivity index (χ3n) is 3.59. The second-order valence-electron chi connectivity index (χ2n) is 5.18. The fourth-order valence-electron chi connectivity index (χ4n) is 2.37. The van der Waals surface area contributed by atoms with Crippen molar-refractivity contribution >= 4 is 17.5 Å². The summed E-state index contributed by atoms with van der Waals surface area (Å²) in [6.07, 6.45) is 1.74. The number of anilines is 1. The van der Waals surface area contributed by atoms with E-state index in [1.807, 2.05) is 5.32 Å². The molecule has 0 radical (unpaired) electrons. The van der Waals surface area contributed by atoms with Crippen molar-refractivity contribution in [3.8, 4) is 0 Å². The SMILES string of the molecule is O=C(NCC1CCCC1O)C(=O)Nc1cc(F)c(F)c(F)c1. The van der Waals surface area contributed by atoms with Crippen LogP contribution in [0.25, 0.3) is 0 Å². The summed E-state index contributed by atoms with van der Waals surface area (Å²) in [4.78, 5) is 23.2. The molecule has 2 rings (SSSR count). The number of benzene rings is 1. The van der Waals surface area contributed by atoms with Crippen molar-refractivity contribution in [3.63, 3.8) is 0 Å². The smallest absolute Gasteiger partial charge is 0.313 e. The van der Waals surface area contributed by atoms with Gasteiger partial charge in [0.15, 0.2) is 17.5 Å². The molecule has 0 aliphatic heterocycles. The summed E-state index contributed by atoms with van der Waals surface area (Å²) >= 11 is 0. The molecule has 120 valence electrons. The van der Waals surface area contributed by atoms with Crippen LogP contribution in [-0.2, 0) is 9.59 Å². The molecule has 22 heavy (non-hydrogen) atoms. The molecule has 8 heteroatoms. The number of halogens is 3. The van der Waals surface area contributed by atoms with Crippen molar-refractivity contribution in [2.75, 3.05) is 11.9 Å². The van der Waals surface area contributed by atoms with Crippen molar-refractivity contribution in [1.82, 2.24) is 5.32 Å². The average Bonchev–Trinajstić information content (AvgIpc) is 2.87. The Balaban J connectivity index is 1.90. The molecule has 2 atom stereocenters. The Morgan fingerprint density at radius 3 is 2.32 bits per heavy atom. The van der Waals surface area contributed by atoms with Crippen molar-refractivity contribution in [2.24, 2.45) is 5.92 Å². The van der Waals surface area contributed by atoms with Crippen LogP contribution in [0.15, 0.2) is 12.1 Å². The molecule has 1 saturated carbocycles. The van der Waals surface area contributed by atoms with Crippen LogP contribution >= 0.6 is 0 Å². The van der Waals surface area contributed by atoms with E-state index in [4.69, 9.17) is 0 Å². The van der Waals surface area contributed by atoms with Crippen molar-refractivity contribution in [2.45, 2.75) is 25.4 Å². The lowest BCUT2D eigenvalue weighted by Crippen LogP contribution is -2.39. The van der Waals surface area contributed by atoms with Gasteiger partial charge in [-0.2, -0.15) is 0 Å². The van der Waals surface area contributed by atoms with Gasteiger partial charge >= 0.3 is 11.8 Å². The van der Waals surface area contributed by atoms with E-state index < -0.39 is 35.4 Å². The largest absolute Gasteiger partial charge is 0.393 e. The molecule has 1 aromatic rings. The van der Waals surface area contributed by atoms with Crippen LogP contribution in [0.5, 0.6) is 0 Å². The highest BCUT2D eigenvalue weighted by atomic mass is 19.2. The Morgan fingerprint density at radius 2 is 1.77 bits per heavy atom. The zero-order valence-corrected chi connectivity index (χ0v) is 11.5. The van der Waals surface area contributed by atoms with Crippen molar-refractivity contribution in [1.29, 1.82) is 0 Å². The molecule has 0 bridgehead atoms. The molecule has 1 aliphatic carbocycles. The molecular weight excluding hydrogens is 301 g/mol. The van der Waals surface area contributed by atoms with Gasteiger partial charge in [-0.25, -0.2) is 13.2 Å². The first-order valence-corrected chi connectivity index (χ1v) is 6.80. The summed E-state index contributed by atoms with van der Waals surface area (Å²) in [5, 5.41) is 13.9. The van der Waals surface area contributed by atoms with Gasteiger partial charge in [-0.1, -0.05) is 6.42 Å². The van der Waals surface area contributed by atoms with Crippen LogP contribution in [0.1, 0.15) is 19.3 Å². The zero-order valence-electron chi connectivity index (χ0n) is 11.5. The van der Waals surface area contributed by atoms with Gasteiger partial charge in [-0.15, -0.1) is 0 Å². The number of carbonyl (C=O) groups is 2. The van der Waals surface area contributed by atoms with Gasteiger partial charge < -0.3 is 15.7 Å². The predicted molar refractivity (Wildman–Crippen MR) is 71.3 cm³/mol. The van der Waals surface area contributed by atoms with E-state index in [0.29, 0.717) is 18.6 Å². The summed E-state index contributed by atoms with van der Waals surface area (Å²) in [5.41, 5.74) is -0.363. The molecule has 0 spiro atoms. The lowest BCUT2D eigenvalue weighted by atomic mass is 10.1. The molecule has 0 aromatic heterocycles. The van der Waals surface area contributed by atoms with Crippen molar-refractivity contribution in [3.05, 3.63) is 29.6 Å². The Morgan fingerprint density at radius 1 is 1.14 bits per heavy atom. The second kappa shape index (κ2) is 6.78. The minimum atomic E-state index is -1.65. The number of aliphatic hydroxyl groups is 1. The molecule has 3 N–H and O–H groups in total. The van der Waals surface area contributed by atoms with Gasteiger partial charge in [-0.05, 0) is 12.8 Å². The van der Waals surface area contributed by atoms with E-state index in [-0.39, 0.29) is 18.2 Å². The first-order valence-electron chi connectivity index (χ1n) is 6.80. The average molecular weight is 316 g/mol. The van der Waals surface area contributed by atoms with Crippen LogP contribution in [0.2, 0.25) is 0 Å². The first-order chi connectivity index (χ1) is 10.4. The number of rotatable bonds is 3. The van der Waals surface area contributed by atoms with Gasteiger partial charge in [0.25, 0.3) is 0 Å². The van der Waals surface area contributed by atoms with Gasteiger partial charge in [0.2, 0.25) is 0 Å². The molecule has 1 aliphatic rings. The minimum Gasteiger partial charge on any atom is -0.393 e. The summed E-state index contributed by atoms with van der Waals surface area (Å²) in [5.74, 6) is -6.83. The monoisotopic (exact) mass is 316 g/mol. The Kier molecular flexibility index (Phi) is 5.02. The topological polar surface area (TPSA) is 78.4 Å². The normalized spacial score (nSPS) is 20.7. The highest BCUT2D eigenvalue weighted by molar-refractivity contribution is 6.39. The minimum absolute atomic E-state index is 0.113. The summed E-state index contributed by atoms with van der Waals surface area (Å²) in [7, 11) is 0. The maximum Gasteiger partial charge on any atom is 0.313 e. The number of hydrogen-bond acceptors (Lipinski definition) is 3.